The molecule has 1 aliphatic rings. The summed E-state index contributed by atoms with van der Waals surface area (Å²) < 4.78 is 0. The Morgan fingerprint density at radius 1 is 1.23 bits per heavy atom. The summed E-state index contributed by atoms with van der Waals surface area (Å²) in [6.45, 7) is 10.8. The Morgan fingerprint density at radius 2 is 1.82 bits per heavy atom. The lowest BCUT2D eigenvalue weighted by atomic mass is 9.92. The van der Waals surface area contributed by atoms with Gasteiger partial charge in [0.15, 0.2) is 0 Å². The van der Waals surface area contributed by atoms with Crippen molar-refractivity contribution in [3.8, 4) is 0 Å². The molecule has 0 aliphatic carbocycles. The molecule has 1 aromatic rings. The fourth-order valence-corrected chi connectivity index (χ4v) is 2.90. The number of hydrogen-bond acceptors (Lipinski definition) is 2. The van der Waals surface area contributed by atoms with Gasteiger partial charge in [-0.15, -0.1) is 0 Å². The molecule has 1 atom stereocenters. The van der Waals surface area contributed by atoms with Crippen molar-refractivity contribution >= 4 is 17.5 Å². The lowest BCUT2D eigenvalue weighted by Crippen LogP contribution is -2.42. The maximum Gasteiger partial charge on any atom is 0.249 e. The Morgan fingerprint density at radius 3 is 2.36 bits per heavy atom. The Labute approximate surface area is 132 Å². The maximum absolute atomic E-state index is 12.5. The van der Waals surface area contributed by atoms with Gasteiger partial charge >= 0.3 is 0 Å². The third kappa shape index (κ3) is 4.09. The molecule has 0 radical (unpaired) electrons. The van der Waals surface area contributed by atoms with Crippen molar-refractivity contribution in [2.24, 2.45) is 5.41 Å². The van der Waals surface area contributed by atoms with Gasteiger partial charge in [0, 0.05) is 18.7 Å². The molecule has 1 saturated heterocycles. The van der Waals surface area contributed by atoms with Gasteiger partial charge < -0.3 is 10.2 Å². The van der Waals surface area contributed by atoms with E-state index >= 15 is 0 Å². The van der Waals surface area contributed by atoms with Crippen LogP contribution in [-0.4, -0.2) is 24.4 Å². The monoisotopic (exact) mass is 302 g/mol. The smallest absolute Gasteiger partial charge is 0.249 e. The van der Waals surface area contributed by atoms with E-state index in [9.17, 15) is 9.59 Å². The Hall–Kier alpha value is -1.84. The third-order valence-corrected chi connectivity index (χ3v) is 3.75. The molecule has 4 heteroatoms. The van der Waals surface area contributed by atoms with E-state index in [0.29, 0.717) is 19.4 Å². The summed E-state index contributed by atoms with van der Waals surface area (Å²) in [7, 11) is 0. The average Bonchev–Trinajstić information content (AvgIpc) is 2.67. The highest BCUT2D eigenvalue weighted by atomic mass is 16.2. The zero-order valence-corrected chi connectivity index (χ0v) is 14.2. The number of nitrogens with one attached hydrogen (secondary N) is 1. The van der Waals surface area contributed by atoms with E-state index < -0.39 is 6.04 Å². The number of amides is 2. The third-order valence-electron chi connectivity index (χ3n) is 3.75. The van der Waals surface area contributed by atoms with Crippen LogP contribution in [0.25, 0.3) is 0 Å². The Balaban J connectivity index is 2.05. The molecule has 2 amide bonds. The number of aryl methyl sites for hydroxylation is 2. The maximum atomic E-state index is 12.5. The number of anilines is 1. The van der Waals surface area contributed by atoms with Crippen molar-refractivity contribution in [3.05, 3.63) is 29.3 Å². The Bertz CT molecular complexity index is 567. The molecule has 1 N–H and O–H groups in total. The van der Waals surface area contributed by atoms with Gasteiger partial charge in [0.25, 0.3) is 0 Å². The van der Waals surface area contributed by atoms with E-state index in [4.69, 9.17) is 0 Å². The molecule has 1 aromatic carbocycles. The van der Waals surface area contributed by atoms with Crippen LogP contribution in [0.3, 0.4) is 0 Å². The second kappa shape index (κ2) is 6.11. The van der Waals surface area contributed by atoms with Crippen molar-refractivity contribution in [2.75, 3.05) is 11.4 Å². The molecule has 0 saturated carbocycles. The minimum atomic E-state index is -0.393. The summed E-state index contributed by atoms with van der Waals surface area (Å²) in [5.74, 6) is -0.0552. The van der Waals surface area contributed by atoms with Crippen LogP contribution in [-0.2, 0) is 9.59 Å². The minimum Gasteiger partial charge on any atom is -0.344 e. The van der Waals surface area contributed by atoms with Crippen molar-refractivity contribution in [3.63, 3.8) is 0 Å². The molecular formula is C18H26N2O2. The van der Waals surface area contributed by atoms with Gasteiger partial charge in [-0.1, -0.05) is 26.8 Å². The number of carbonyl (C=O) groups excluding carboxylic acids is 2. The highest BCUT2D eigenvalue weighted by Gasteiger charge is 2.34. The number of carbonyl (C=O) groups is 2. The first-order valence-electron chi connectivity index (χ1n) is 7.85. The van der Waals surface area contributed by atoms with E-state index in [1.165, 1.54) is 0 Å². The fourth-order valence-electron chi connectivity index (χ4n) is 2.90. The van der Waals surface area contributed by atoms with Crippen molar-refractivity contribution in [1.82, 2.24) is 5.32 Å². The number of nitrogens with zero attached hydrogens (tertiary/aromatic N) is 1. The average molecular weight is 302 g/mol. The number of hydrogen-bond donors (Lipinski definition) is 1. The molecule has 1 aliphatic heterocycles. The Kier molecular flexibility index (Phi) is 4.59. The second-order valence-electron chi connectivity index (χ2n) is 7.48. The van der Waals surface area contributed by atoms with E-state index in [2.05, 4.69) is 11.4 Å². The molecule has 0 bridgehead atoms. The van der Waals surface area contributed by atoms with Crippen LogP contribution in [0, 0.1) is 19.3 Å². The lowest BCUT2D eigenvalue weighted by molar-refractivity contribution is -0.127. The molecule has 1 heterocycles. The van der Waals surface area contributed by atoms with Gasteiger partial charge in [0.2, 0.25) is 11.8 Å². The molecular weight excluding hydrogens is 276 g/mol. The minimum absolute atomic E-state index is 0.00717. The highest BCUT2D eigenvalue weighted by Crippen LogP contribution is 2.25. The number of rotatable bonds is 3. The van der Waals surface area contributed by atoms with Crippen LogP contribution in [0.15, 0.2) is 18.2 Å². The SMILES string of the molecule is Cc1cc(C)cc(N2CC[C@H](NC(=O)CC(C)(C)C)C2=O)c1. The predicted molar refractivity (Wildman–Crippen MR) is 88.9 cm³/mol. The molecule has 0 spiro atoms. The first kappa shape index (κ1) is 16.5. The summed E-state index contributed by atoms with van der Waals surface area (Å²) in [6, 6.07) is 5.73. The van der Waals surface area contributed by atoms with Crippen LogP contribution in [0.2, 0.25) is 0 Å². The molecule has 22 heavy (non-hydrogen) atoms. The highest BCUT2D eigenvalue weighted by molar-refractivity contribution is 6.01. The van der Waals surface area contributed by atoms with Crippen LogP contribution in [0.1, 0.15) is 44.7 Å². The van der Waals surface area contributed by atoms with E-state index in [1.807, 2.05) is 46.8 Å². The largest absolute Gasteiger partial charge is 0.344 e. The zero-order chi connectivity index (χ0) is 16.5. The molecule has 2 rings (SSSR count). The zero-order valence-electron chi connectivity index (χ0n) is 14.2. The van der Waals surface area contributed by atoms with Gasteiger partial charge in [0.05, 0.1) is 0 Å². The summed E-state index contributed by atoms with van der Waals surface area (Å²) in [5.41, 5.74) is 3.14. The number of benzene rings is 1. The van der Waals surface area contributed by atoms with Gasteiger partial charge in [0.1, 0.15) is 6.04 Å². The second-order valence-corrected chi connectivity index (χ2v) is 7.48. The first-order chi connectivity index (χ1) is 10.2. The quantitative estimate of drug-likeness (QED) is 0.933. The van der Waals surface area contributed by atoms with Gasteiger partial charge in [-0.2, -0.15) is 0 Å². The fraction of sp³-hybridized carbons (Fsp3) is 0.556. The predicted octanol–water partition coefficient (Wildman–Crippen LogP) is 2.96. The van der Waals surface area contributed by atoms with Crippen molar-refractivity contribution in [1.29, 1.82) is 0 Å². The normalized spacial score (nSPS) is 18.7. The van der Waals surface area contributed by atoms with E-state index in [0.717, 1.165) is 16.8 Å². The molecule has 0 aromatic heterocycles. The van der Waals surface area contributed by atoms with Crippen LogP contribution in [0.4, 0.5) is 5.69 Å². The van der Waals surface area contributed by atoms with Crippen molar-refractivity contribution < 1.29 is 9.59 Å². The summed E-state index contributed by atoms with van der Waals surface area (Å²) in [6.07, 6.45) is 1.10. The van der Waals surface area contributed by atoms with Gasteiger partial charge in [-0.3, -0.25) is 9.59 Å². The molecule has 0 unspecified atom stereocenters. The summed E-state index contributed by atoms with van der Waals surface area (Å²) >= 11 is 0. The van der Waals surface area contributed by atoms with Gasteiger partial charge in [-0.25, -0.2) is 0 Å². The van der Waals surface area contributed by atoms with Crippen LogP contribution < -0.4 is 10.2 Å². The van der Waals surface area contributed by atoms with E-state index in [1.54, 1.807) is 4.90 Å². The standard InChI is InChI=1S/C18H26N2O2/c1-12-8-13(2)10-14(9-12)20-7-6-15(17(20)22)19-16(21)11-18(3,4)5/h8-10,15H,6-7,11H2,1-5H3,(H,19,21)/t15-/m0/s1. The topological polar surface area (TPSA) is 49.4 Å². The van der Waals surface area contributed by atoms with Crippen molar-refractivity contribution in [2.45, 2.75) is 53.5 Å². The lowest BCUT2D eigenvalue weighted by Gasteiger charge is -2.20. The van der Waals surface area contributed by atoms with Crippen LogP contribution >= 0.6 is 0 Å². The van der Waals surface area contributed by atoms with Gasteiger partial charge in [-0.05, 0) is 48.9 Å². The first-order valence-corrected chi connectivity index (χ1v) is 7.85. The summed E-state index contributed by atoms with van der Waals surface area (Å²) in [4.78, 5) is 26.4. The molecule has 1 fully saturated rings. The van der Waals surface area contributed by atoms with E-state index in [-0.39, 0.29) is 17.2 Å². The molecule has 120 valence electrons. The molecule has 4 nitrogen and oxygen atoms in total. The van der Waals surface area contributed by atoms with Crippen LogP contribution in [0.5, 0.6) is 0 Å². The summed E-state index contributed by atoms with van der Waals surface area (Å²) in [5, 5.41) is 2.88.